The van der Waals surface area contributed by atoms with E-state index < -0.39 is 5.54 Å². The summed E-state index contributed by atoms with van der Waals surface area (Å²) in [6.07, 6.45) is 0. The maximum Gasteiger partial charge on any atom is 0.252 e. The molecule has 0 spiro atoms. The third-order valence-electron chi connectivity index (χ3n) is 2.90. The molecule has 22 heavy (non-hydrogen) atoms. The van der Waals surface area contributed by atoms with Crippen LogP contribution in [0.15, 0.2) is 36.4 Å². The predicted octanol–water partition coefficient (Wildman–Crippen LogP) is 4.04. The lowest BCUT2D eigenvalue weighted by Gasteiger charge is -2.17. The second kappa shape index (κ2) is 6.63. The fraction of sp³-hybridized carbons (Fsp3) is 0.188. The van der Waals surface area contributed by atoms with Gasteiger partial charge in [0.05, 0.1) is 11.8 Å². The van der Waals surface area contributed by atoms with Crippen LogP contribution in [0.3, 0.4) is 0 Å². The van der Waals surface area contributed by atoms with Crippen molar-refractivity contribution in [2.75, 3.05) is 0 Å². The first-order valence-corrected chi connectivity index (χ1v) is 7.94. The van der Waals surface area contributed by atoms with Crippen LogP contribution in [-0.2, 0) is 0 Å². The minimum Gasteiger partial charge on any atom is -0.334 e. The molecule has 1 aromatic carbocycles. The number of aromatic nitrogens is 1. The summed E-state index contributed by atoms with van der Waals surface area (Å²) in [7, 11) is 0. The number of rotatable bonds is 3. The van der Waals surface area contributed by atoms with Gasteiger partial charge < -0.3 is 5.32 Å². The first-order valence-electron chi connectivity index (χ1n) is 6.48. The van der Waals surface area contributed by atoms with E-state index in [-0.39, 0.29) is 5.91 Å². The third-order valence-corrected chi connectivity index (χ3v) is 3.71. The highest BCUT2D eigenvalue weighted by Crippen LogP contribution is 2.22. The number of amides is 1. The lowest BCUT2D eigenvalue weighted by molar-refractivity contribution is 0.0929. The Balaban J connectivity index is 2.37. The number of carbonyl (C=O) groups excluding carboxylic acids is 1. The van der Waals surface area contributed by atoms with E-state index in [4.69, 9.17) is 16.9 Å². The van der Waals surface area contributed by atoms with Gasteiger partial charge in [-0.2, -0.15) is 5.26 Å². The first kappa shape index (κ1) is 16.7. The third kappa shape index (κ3) is 4.18. The van der Waals surface area contributed by atoms with Crippen LogP contribution < -0.4 is 5.32 Å². The quantitative estimate of drug-likeness (QED) is 0.596. The molecule has 2 aromatic rings. The van der Waals surface area contributed by atoms with Gasteiger partial charge >= 0.3 is 0 Å². The Morgan fingerprint density at radius 3 is 2.55 bits per heavy atom. The molecule has 1 amide bonds. The molecule has 1 N–H and O–H groups in total. The van der Waals surface area contributed by atoms with Gasteiger partial charge in [-0.25, -0.2) is 4.98 Å². The zero-order valence-electron chi connectivity index (χ0n) is 12.0. The average Bonchev–Trinajstić information content (AvgIpc) is 2.47. The van der Waals surface area contributed by atoms with Crippen molar-refractivity contribution in [3.8, 4) is 17.3 Å². The number of halogens is 2. The maximum absolute atomic E-state index is 12.3. The SMILES string of the molecule is CC(C)(C#N)NC(=O)c1cc(I)nc(-c2ccc(Cl)cc2)c1. The summed E-state index contributed by atoms with van der Waals surface area (Å²) < 4.78 is 0.699. The van der Waals surface area contributed by atoms with E-state index in [2.05, 4.69) is 32.9 Å². The van der Waals surface area contributed by atoms with Crippen LogP contribution in [-0.4, -0.2) is 16.4 Å². The van der Waals surface area contributed by atoms with Crippen molar-refractivity contribution in [3.05, 3.63) is 50.7 Å². The molecule has 0 saturated heterocycles. The number of hydrogen-bond acceptors (Lipinski definition) is 3. The monoisotopic (exact) mass is 425 g/mol. The molecule has 0 aliphatic carbocycles. The Morgan fingerprint density at radius 1 is 1.32 bits per heavy atom. The molecule has 0 radical (unpaired) electrons. The smallest absolute Gasteiger partial charge is 0.252 e. The Morgan fingerprint density at radius 2 is 1.95 bits per heavy atom. The van der Waals surface area contributed by atoms with Gasteiger partial charge in [-0.05, 0) is 60.7 Å². The number of benzene rings is 1. The van der Waals surface area contributed by atoms with Crippen molar-refractivity contribution in [1.82, 2.24) is 10.3 Å². The standard InChI is InChI=1S/C16H13ClIN3O/c1-16(2,9-19)21-15(22)11-7-13(20-14(18)8-11)10-3-5-12(17)6-4-10/h3-8H,1-2H3,(H,21,22). The van der Waals surface area contributed by atoms with Crippen molar-refractivity contribution in [3.63, 3.8) is 0 Å². The minimum atomic E-state index is -0.924. The molecule has 0 unspecified atom stereocenters. The molecule has 0 aliphatic rings. The summed E-state index contributed by atoms with van der Waals surface area (Å²) in [6.45, 7) is 3.30. The largest absolute Gasteiger partial charge is 0.334 e. The number of nitrogens with one attached hydrogen (secondary N) is 1. The summed E-state index contributed by atoms with van der Waals surface area (Å²) in [5.41, 5.74) is 1.10. The fourth-order valence-corrected chi connectivity index (χ4v) is 2.50. The van der Waals surface area contributed by atoms with E-state index in [0.29, 0.717) is 20.0 Å². The summed E-state index contributed by atoms with van der Waals surface area (Å²) >= 11 is 7.95. The number of nitriles is 1. The maximum atomic E-state index is 12.3. The second-order valence-electron chi connectivity index (χ2n) is 5.26. The molecule has 0 atom stereocenters. The van der Waals surface area contributed by atoms with Gasteiger partial charge in [-0.15, -0.1) is 0 Å². The van der Waals surface area contributed by atoms with Crippen molar-refractivity contribution >= 4 is 40.1 Å². The molecule has 112 valence electrons. The first-order chi connectivity index (χ1) is 10.3. The fourth-order valence-electron chi connectivity index (χ4n) is 1.78. The highest BCUT2D eigenvalue weighted by molar-refractivity contribution is 14.1. The highest BCUT2D eigenvalue weighted by atomic mass is 127. The summed E-state index contributed by atoms with van der Waals surface area (Å²) in [6, 6.07) is 12.7. The van der Waals surface area contributed by atoms with Crippen LogP contribution in [0, 0.1) is 15.0 Å². The lowest BCUT2D eigenvalue weighted by Crippen LogP contribution is -2.42. The number of nitrogens with zero attached hydrogens (tertiary/aromatic N) is 2. The topological polar surface area (TPSA) is 65.8 Å². The normalized spacial score (nSPS) is 10.9. The molecule has 0 aliphatic heterocycles. The minimum absolute atomic E-state index is 0.304. The van der Waals surface area contributed by atoms with Crippen LogP contribution in [0.1, 0.15) is 24.2 Å². The number of pyridine rings is 1. The molecule has 0 saturated carbocycles. The molecule has 2 rings (SSSR count). The van der Waals surface area contributed by atoms with Gasteiger partial charge in [-0.3, -0.25) is 4.79 Å². The van der Waals surface area contributed by atoms with Gasteiger partial charge in [0, 0.05) is 16.1 Å². The summed E-state index contributed by atoms with van der Waals surface area (Å²) in [4.78, 5) is 16.7. The van der Waals surface area contributed by atoms with Crippen LogP contribution in [0.5, 0.6) is 0 Å². The Labute approximate surface area is 147 Å². The number of carbonyl (C=O) groups is 1. The van der Waals surface area contributed by atoms with Gasteiger partial charge in [0.25, 0.3) is 5.91 Å². The van der Waals surface area contributed by atoms with E-state index in [0.717, 1.165) is 5.56 Å². The van der Waals surface area contributed by atoms with Crippen LogP contribution in [0.25, 0.3) is 11.3 Å². The summed E-state index contributed by atoms with van der Waals surface area (Å²) in [5.74, 6) is -0.304. The van der Waals surface area contributed by atoms with E-state index in [1.165, 1.54) is 0 Å². The second-order valence-corrected chi connectivity index (χ2v) is 6.80. The zero-order valence-corrected chi connectivity index (χ0v) is 14.9. The Kier molecular flexibility index (Phi) is 5.04. The van der Waals surface area contributed by atoms with Gasteiger partial charge in [0.15, 0.2) is 0 Å². The van der Waals surface area contributed by atoms with Crippen LogP contribution in [0.4, 0.5) is 0 Å². The van der Waals surface area contributed by atoms with Gasteiger partial charge in [0.1, 0.15) is 9.24 Å². The van der Waals surface area contributed by atoms with E-state index in [1.54, 1.807) is 38.1 Å². The molecule has 4 nitrogen and oxygen atoms in total. The van der Waals surface area contributed by atoms with E-state index in [1.807, 2.05) is 18.2 Å². The highest BCUT2D eigenvalue weighted by Gasteiger charge is 2.21. The van der Waals surface area contributed by atoms with Crippen molar-refractivity contribution in [1.29, 1.82) is 5.26 Å². The lowest BCUT2D eigenvalue weighted by atomic mass is 10.1. The van der Waals surface area contributed by atoms with Crippen molar-refractivity contribution in [2.45, 2.75) is 19.4 Å². The van der Waals surface area contributed by atoms with Crippen molar-refractivity contribution < 1.29 is 4.79 Å². The molecule has 1 aromatic heterocycles. The molecular weight excluding hydrogens is 413 g/mol. The molecule has 6 heteroatoms. The molecular formula is C16H13ClIN3O. The Hall–Kier alpha value is -1.65. The van der Waals surface area contributed by atoms with E-state index >= 15 is 0 Å². The number of hydrogen-bond donors (Lipinski definition) is 1. The molecule has 0 fully saturated rings. The molecule has 0 bridgehead atoms. The zero-order chi connectivity index (χ0) is 16.3. The molecule has 1 heterocycles. The van der Waals surface area contributed by atoms with Crippen LogP contribution in [0.2, 0.25) is 5.02 Å². The van der Waals surface area contributed by atoms with E-state index in [9.17, 15) is 4.79 Å². The van der Waals surface area contributed by atoms with Gasteiger partial charge in [0.2, 0.25) is 0 Å². The van der Waals surface area contributed by atoms with Crippen molar-refractivity contribution in [2.24, 2.45) is 0 Å². The van der Waals surface area contributed by atoms with Crippen LogP contribution >= 0.6 is 34.2 Å². The van der Waals surface area contributed by atoms with Gasteiger partial charge in [-0.1, -0.05) is 23.7 Å². The average molecular weight is 426 g/mol. The predicted molar refractivity (Wildman–Crippen MR) is 94.6 cm³/mol. The Bertz CT molecular complexity index is 751. The summed E-state index contributed by atoms with van der Waals surface area (Å²) in [5, 5.41) is 12.3.